The number of rotatable bonds is 6. The highest BCUT2D eigenvalue weighted by atomic mass is 16.5. The van der Waals surface area contributed by atoms with Crippen molar-refractivity contribution >= 4 is 11.8 Å². The molecule has 6 heteroatoms. The number of benzene rings is 2. The van der Waals surface area contributed by atoms with Gasteiger partial charge in [-0.25, -0.2) is 5.48 Å². The average Bonchev–Trinajstić information content (AvgIpc) is 3.01. The minimum Gasteiger partial charge on any atom is -0.489 e. The van der Waals surface area contributed by atoms with E-state index >= 15 is 0 Å². The Morgan fingerprint density at radius 1 is 1.29 bits per heavy atom. The van der Waals surface area contributed by atoms with Gasteiger partial charge in [0, 0.05) is 6.54 Å². The molecule has 1 heterocycles. The summed E-state index contributed by atoms with van der Waals surface area (Å²) in [6.45, 7) is 6.50. The number of amides is 2. The van der Waals surface area contributed by atoms with Gasteiger partial charge in [0.05, 0.1) is 5.41 Å². The molecule has 0 bridgehead atoms. The van der Waals surface area contributed by atoms with Crippen molar-refractivity contribution in [2.45, 2.75) is 45.3 Å². The second-order valence-corrected chi connectivity index (χ2v) is 7.53. The Kier molecular flexibility index (Phi) is 5.70. The van der Waals surface area contributed by atoms with Crippen molar-refractivity contribution in [3.8, 4) is 5.75 Å². The normalized spacial score (nSPS) is 20.1. The lowest BCUT2D eigenvalue weighted by Gasteiger charge is -2.27. The van der Waals surface area contributed by atoms with E-state index < -0.39 is 17.4 Å². The Hall–Kier alpha value is -2.86. The molecule has 2 N–H and O–H groups in total. The van der Waals surface area contributed by atoms with Gasteiger partial charge in [0.2, 0.25) is 5.91 Å². The Labute approximate surface area is 165 Å². The molecule has 1 fully saturated rings. The topological polar surface area (TPSA) is 78.9 Å². The van der Waals surface area contributed by atoms with Crippen molar-refractivity contribution in [3.63, 3.8) is 0 Å². The number of nitrogens with zero attached hydrogens (tertiary/aromatic N) is 1. The highest BCUT2D eigenvalue weighted by Crippen LogP contribution is 2.37. The highest BCUT2D eigenvalue weighted by molar-refractivity contribution is 5.94. The highest BCUT2D eigenvalue weighted by Gasteiger charge is 2.46. The summed E-state index contributed by atoms with van der Waals surface area (Å²) in [6, 6.07) is 15.0. The van der Waals surface area contributed by atoms with Gasteiger partial charge in [0.25, 0.3) is 5.91 Å². The maximum Gasteiger partial charge on any atom is 0.265 e. The first kappa shape index (κ1) is 19.9. The van der Waals surface area contributed by atoms with E-state index in [1.807, 2.05) is 56.3 Å². The number of nitrogens with one attached hydrogen (secondary N) is 1. The van der Waals surface area contributed by atoms with Crippen LogP contribution in [-0.4, -0.2) is 34.5 Å². The summed E-state index contributed by atoms with van der Waals surface area (Å²) < 4.78 is 5.85. The molecule has 0 radical (unpaired) electrons. The van der Waals surface area contributed by atoms with Crippen LogP contribution in [0.3, 0.4) is 0 Å². The minimum atomic E-state index is -0.712. The SMILES string of the molecule is Cc1cccc(COc2ccc(C3(C)CCN(C(C)C(=O)NO)C3=O)cc2)c1. The van der Waals surface area contributed by atoms with Gasteiger partial charge in [0.15, 0.2) is 0 Å². The van der Waals surface area contributed by atoms with E-state index in [1.54, 1.807) is 12.4 Å². The predicted octanol–water partition coefficient (Wildman–Crippen LogP) is 2.96. The molecule has 0 saturated carbocycles. The summed E-state index contributed by atoms with van der Waals surface area (Å²) in [5.41, 5.74) is 4.11. The van der Waals surface area contributed by atoms with Crippen LogP contribution in [0.2, 0.25) is 0 Å². The zero-order valence-electron chi connectivity index (χ0n) is 16.4. The molecule has 2 aromatic rings. The van der Waals surface area contributed by atoms with Crippen LogP contribution in [0.1, 0.15) is 37.0 Å². The number of carbonyl (C=O) groups excluding carboxylic acids is 2. The van der Waals surface area contributed by atoms with Crippen LogP contribution in [-0.2, 0) is 21.6 Å². The molecule has 1 aliphatic heterocycles. The summed E-state index contributed by atoms with van der Waals surface area (Å²) in [4.78, 5) is 26.1. The lowest BCUT2D eigenvalue weighted by molar-refractivity contribution is -0.143. The Morgan fingerprint density at radius 2 is 2.00 bits per heavy atom. The third kappa shape index (κ3) is 3.87. The summed E-state index contributed by atoms with van der Waals surface area (Å²) in [5.74, 6) is 0.0405. The molecule has 1 saturated heterocycles. The maximum absolute atomic E-state index is 13.0. The zero-order chi connectivity index (χ0) is 20.3. The number of aryl methyl sites for hydroxylation is 1. The minimum absolute atomic E-state index is 0.114. The van der Waals surface area contributed by atoms with Crippen molar-refractivity contribution < 1.29 is 19.5 Å². The molecular formula is C22H26N2O4. The second-order valence-electron chi connectivity index (χ2n) is 7.53. The lowest BCUT2D eigenvalue weighted by Crippen LogP contribution is -2.47. The van der Waals surface area contributed by atoms with Gasteiger partial charge in [0.1, 0.15) is 18.4 Å². The number of carbonyl (C=O) groups is 2. The predicted molar refractivity (Wildman–Crippen MR) is 105 cm³/mol. The van der Waals surface area contributed by atoms with Gasteiger partial charge in [-0.3, -0.25) is 14.8 Å². The van der Waals surface area contributed by atoms with Crippen LogP contribution in [0.4, 0.5) is 0 Å². The van der Waals surface area contributed by atoms with Crippen LogP contribution < -0.4 is 10.2 Å². The van der Waals surface area contributed by atoms with Crippen LogP contribution >= 0.6 is 0 Å². The first-order chi connectivity index (χ1) is 13.3. The molecule has 3 rings (SSSR count). The number of hydrogen-bond acceptors (Lipinski definition) is 4. The van der Waals surface area contributed by atoms with Gasteiger partial charge in [-0.1, -0.05) is 42.0 Å². The third-order valence-corrected chi connectivity index (χ3v) is 5.52. The zero-order valence-corrected chi connectivity index (χ0v) is 16.4. The summed E-state index contributed by atoms with van der Waals surface area (Å²) in [6.07, 6.45) is 0.610. The van der Waals surface area contributed by atoms with E-state index in [9.17, 15) is 9.59 Å². The van der Waals surface area contributed by atoms with Crippen molar-refractivity contribution in [2.75, 3.05) is 6.54 Å². The Balaban J connectivity index is 1.69. The largest absolute Gasteiger partial charge is 0.489 e. The fraction of sp³-hybridized carbons (Fsp3) is 0.364. The Bertz CT molecular complexity index is 865. The quantitative estimate of drug-likeness (QED) is 0.595. The third-order valence-electron chi connectivity index (χ3n) is 5.52. The van der Waals surface area contributed by atoms with E-state index in [1.165, 1.54) is 10.5 Å². The summed E-state index contributed by atoms with van der Waals surface area (Å²) in [7, 11) is 0. The molecule has 2 aromatic carbocycles. The van der Waals surface area contributed by atoms with E-state index in [2.05, 4.69) is 6.07 Å². The van der Waals surface area contributed by atoms with Gasteiger partial charge in [-0.15, -0.1) is 0 Å². The number of hydrogen-bond donors (Lipinski definition) is 2. The number of ether oxygens (including phenoxy) is 1. The van der Waals surface area contributed by atoms with Crippen LogP contribution in [0.5, 0.6) is 5.75 Å². The molecule has 148 valence electrons. The van der Waals surface area contributed by atoms with Gasteiger partial charge in [-0.2, -0.15) is 0 Å². The number of likely N-dealkylation sites (tertiary alicyclic amines) is 1. The van der Waals surface area contributed by atoms with Gasteiger partial charge >= 0.3 is 0 Å². The molecule has 28 heavy (non-hydrogen) atoms. The molecule has 2 atom stereocenters. The van der Waals surface area contributed by atoms with E-state index in [-0.39, 0.29) is 5.91 Å². The maximum atomic E-state index is 13.0. The molecule has 2 amide bonds. The van der Waals surface area contributed by atoms with E-state index in [4.69, 9.17) is 9.94 Å². The second kappa shape index (κ2) is 8.02. The average molecular weight is 382 g/mol. The van der Waals surface area contributed by atoms with Crippen LogP contribution in [0.15, 0.2) is 48.5 Å². The van der Waals surface area contributed by atoms with Crippen molar-refractivity contribution in [1.82, 2.24) is 10.4 Å². The smallest absolute Gasteiger partial charge is 0.265 e. The first-order valence-electron chi connectivity index (χ1n) is 9.39. The molecule has 6 nitrogen and oxygen atoms in total. The van der Waals surface area contributed by atoms with Crippen LogP contribution in [0, 0.1) is 6.92 Å². The fourth-order valence-electron chi connectivity index (χ4n) is 3.63. The van der Waals surface area contributed by atoms with Gasteiger partial charge < -0.3 is 9.64 Å². The van der Waals surface area contributed by atoms with Crippen molar-refractivity contribution in [3.05, 3.63) is 65.2 Å². The standard InChI is InChI=1S/C22H26N2O4/c1-15-5-4-6-17(13-15)14-28-19-9-7-18(8-10-19)22(3)11-12-24(21(22)26)16(2)20(25)23-27/h4-10,13,16,27H,11-12,14H2,1-3H3,(H,23,25). The number of hydroxylamine groups is 1. The molecule has 0 aromatic heterocycles. The lowest BCUT2D eigenvalue weighted by atomic mass is 9.81. The summed E-state index contributed by atoms with van der Waals surface area (Å²) >= 11 is 0. The molecule has 1 aliphatic rings. The van der Waals surface area contributed by atoms with E-state index in [0.717, 1.165) is 16.9 Å². The van der Waals surface area contributed by atoms with Gasteiger partial charge in [-0.05, 0) is 50.5 Å². The molecule has 0 spiro atoms. The molecular weight excluding hydrogens is 356 g/mol. The van der Waals surface area contributed by atoms with Crippen LogP contribution in [0.25, 0.3) is 0 Å². The first-order valence-corrected chi connectivity index (χ1v) is 9.39. The van der Waals surface area contributed by atoms with E-state index in [0.29, 0.717) is 19.6 Å². The fourth-order valence-corrected chi connectivity index (χ4v) is 3.63. The summed E-state index contributed by atoms with van der Waals surface area (Å²) in [5, 5.41) is 8.83. The van der Waals surface area contributed by atoms with Crippen molar-refractivity contribution in [1.29, 1.82) is 0 Å². The Morgan fingerprint density at radius 3 is 2.64 bits per heavy atom. The molecule has 0 aliphatic carbocycles. The monoisotopic (exact) mass is 382 g/mol. The van der Waals surface area contributed by atoms with Crippen molar-refractivity contribution in [2.24, 2.45) is 0 Å². The molecule has 2 unspecified atom stereocenters.